The Hall–Kier alpha value is -2.26. The summed E-state index contributed by atoms with van der Waals surface area (Å²) in [5, 5.41) is 10.9. The van der Waals surface area contributed by atoms with Crippen LogP contribution in [0.2, 0.25) is 0 Å². The summed E-state index contributed by atoms with van der Waals surface area (Å²) in [6, 6.07) is 2.85. The third-order valence-electron chi connectivity index (χ3n) is 2.50. The van der Waals surface area contributed by atoms with Crippen molar-refractivity contribution in [2.75, 3.05) is 13.7 Å². The SMILES string of the molecule is C#CCCCOc1cc([N+](=O)[O-])c(CN)cc1OC. The molecule has 0 heterocycles. The van der Waals surface area contributed by atoms with Gasteiger partial charge in [-0.05, 0) is 12.5 Å². The van der Waals surface area contributed by atoms with Crippen molar-refractivity contribution in [3.8, 4) is 23.8 Å². The highest BCUT2D eigenvalue weighted by Gasteiger charge is 2.18. The van der Waals surface area contributed by atoms with Crippen LogP contribution in [0.5, 0.6) is 11.5 Å². The first-order chi connectivity index (χ1) is 9.13. The second-order valence-electron chi connectivity index (χ2n) is 3.75. The van der Waals surface area contributed by atoms with E-state index in [9.17, 15) is 10.1 Å². The largest absolute Gasteiger partial charge is 0.493 e. The minimum atomic E-state index is -0.490. The Morgan fingerprint density at radius 3 is 2.74 bits per heavy atom. The molecule has 1 rings (SSSR count). The molecular formula is C13H16N2O4. The van der Waals surface area contributed by atoms with Gasteiger partial charge < -0.3 is 15.2 Å². The lowest BCUT2D eigenvalue weighted by atomic mass is 10.1. The van der Waals surface area contributed by atoms with Gasteiger partial charge in [-0.1, -0.05) is 0 Å². The Morgan fingerprint density at radius 1 is 1.47 bits per heavy atom. The highest BCUT2D eigenvalue weighted by molar-refractivity contribution is 5.54. The van der Waals surface area contributed by atoms with E-state index in [1.807, 2.05) is 0 Å². The van der Waals surface area contributed by atoms with Crippen LogP contribution in [0.25, 0.3) is 0 Å². The van der Waals surface area contributed by atoms with Gasteiger partial charge >= 0.3 is 0 Å². The van der Waals surface area contributed by atoms with Crippen molar-refractivity contribution >= 4 is 5.69 Å². The average Bonchev–Trinajstić information content (AvgIpc) is 2.42. The Labute approximate surface area is 111 Å². The van der Waals surface area contributed by atoms with E-state index in [-0.39, 0.29) is 12.2 Å². The summed E-state index contributed by atoms with van der Waals surface area (Å²) in [7, 11) is 1.47. The van der Waals surface area contributed by atoms with E-state index in [2.05, 4.69) is 5.92 Å². The maximum atomic E-state index is 10.9. The molecule has 0 aliphatic rings. The molecular weight excluding hydrogens is 248 g/mol. The number of nitrogens with zero attached hydrogens (tertiary/aromatic N) is 1. The van der Waals surface area contributed by atoms with Gasteiger partial charge in [0.05, 0.1) is 24.7 Å². The fourth-order valence-corrected chi connectivity index (χ4v) is 1.55. The number of methoxy groups -OCH3 is 1. The molecule has 0 amide bonds. The fraction of sp³-hybridized carbons (Fsp3) is 0.385. The normalized spacial score (nSPS) is 9.74. The van der Waals surface area contributed by atoms with Crippen molar-refractivity contribution in [2.24, 2.45) is 5.73 Å². The quantitative estimate of drug-likeness (QED) is 0.351. The van der Waals surface area contributed by atoms with E-state index in [0.29, 0.717) is 36.5 Å². The second kappa shape index (κ2) is 7.24. The number of hydrogen-bond donors (Lipinski definition) is 1. The van der Waals surface area contributed by atoms with Crippen LogP contribution in [0.1, 0.15) is 18.4 Å². The molecule has 6 nitrogen and oxygen atoms in total. The molecule has 102 valence electrons. The number of unbranched alkanes of at least 4 members (excludes halogenated alkanes) is 1. The maximum Gasteiger partial charge on any atom is 0.277 e. The summed E-state index contributed by atoms with van der Waals surface area (Å²) in [5.41, 5.74) is 5.81. The standard InChI is InChI=1S/C13H16N2O4/c1-3-4-5-6-19-13-8-11(15(16)17)10(9-14)7-12(13)18-2/h1,7-8H,4-6,9,14H2,2H3. The van der Waals surface area contributed by atoms with Gasteiger partial charge in [0.25, 0.3) is 5.69 Å². The summed E-state index contributed by atoms with van der Waals surface area (Å²) in [6.07, 6.45) is 6.39. The molecule has 0 saturated carbocycles. The topological polar surface area (TPSA) is 87.6 Å². The number of nitrogens with two attached hydrogens (primary N) is 1. The Balaban J connectivity index is 2.98. The summed E-state index contributed by atoms with van der Waals surface area (Å²) in [5.74, 6) is 3.24. The zero-order chi connectivity index (χ0) is 14.3. The van der Waals surface area contributed by atoms with E-state index in [1.54, 1.807) is 0 Å². The van der Waals surface area contributed by atoms with Gasteiger partial charge in [-0.25, -0.2) is 0 Å². The van der Waals surface area contributed by atoms with Crippen LogP contribution in [0.15, 0.2) is 12.1 Å². The van der Waals surface area contributed by atoms with Crippen LogP contribution in [-0.2, 0) is 6.54 Å². The van der Waals surface area contributed by atoms with Crippen molar-refractivity contribution < 1.29 is 14.4 Å². The minimum Gasteiger partial charge on any atom is -0.493 e. The minimum absolute atomic E-state index is 0.0596. The molecule has 0 saturated heterocycles. The number of nitro groups is 1. The smallest absolute Gasteiger partial charge is 0.277 e. The lowest BCUT2D eigenvalue weighted by Gasteiger charge is -2.11. The zero-order valence-electron chi connectivity index (χ0n) is 10.7. The van der Waals surface area contributed by atoms with Crippen LogP contribution in [-0.4, -0.2) is 18.6 Å². The molecule has 6 heteroatoms. The molecule has 0 bridgehead atoms. The molecule has 0 spiro atoms. The van der Waals surface area contributed by atoms with E-state index in [4.69, 9.17) is 21.6 Å². The van der Waals surface area contributed by atoms with Crippen LogP contribution < -0.4 is 15.2 Å². The molecule has 19 heavy (non-hydrogen) atoms. The molecule has 0 aliphatic carbocycles. The molecule has 2 N–H and O–H groups in total. The lowest BCUT2D eigenvalue weighted by Crippen LogP contribution is -2.05. The monoisotopic (exact) mass is 264 g/mol. The number of benzene rings is 1. The predicted molar refractivity (Wildman–Crippen MR) is 71.1 cm³/mol. The zero-order valence-corrected chi connectivity index (χ0v) is 10.7. The summed E-state index contributed by atoms with van der Waals surface area (Å²) in [4.78, 5) is 10.4. The van der Waals surface area contributed by atoms with Gasteiger partial charge in [-0.15, -0.1) is 12.3 Å². The number of ether oxygens (including phenoxy) is 2. The van der Waals surface area contributed by atoms with E-state index < -0.39 is 4.92 Å². The molecule has 0 radical (unpaired) electrons. The summed E-state index contributed by atoms with van der Waals surface area (Å²) in [6.45, 7) is 0.434. The molecule has 0 fully saturated rings. The molecule has 0 unspecified atom stereocenters. The Bertz CT molecular complexity index is 494. The molecule has 1 aromatic carbocycles. The van der Waals surface area contributed by atoms with Crippen LogP contribution in [0.4, 0.5) is 5.69 Å². The van der Waals surface area contributed by atoms with Crippen molar-refractivity contribution in [3.63, 3.8) is 0 Å². The van der Waals surface area contributed by atoms with Gasteiger partial charge in [-0.2, -0.15) is 0 Å². The van der Waals surface area contributed by atoms with Crippen molar-refractivity contribution in [1.82, 2.24) is 0 Å². The Kier molecular flexibility index (Phi) is 5.64. The first kappa shape index (κ1) is 14.8. The predicted octanol–water partition coefficient (Wildman–Crippen LogP) is 1.85. The second-order valence-corrected chi connectivity index (χ2v) is 3.75. The van der Waals surface area contributed by atoms with Gasteiger partial charge in [0.15, 0.2) is 11.5 Å². The number of nitro benzene ring substituents is 1. The highest BCUT2D eigenvalue weighted by Crippen LogP contribution is 2.34. The first-order valence-corrected chi connectivity index (χ1v) is 5.75. The first-order valence-electron chi connectivity index (χ1n) is 5.75. The van der Waals surface area contributed by atoms with E-state index in [1.165, 1.54) is 19.2 Å². The van der Waals surface area contributed by atoms with Gasteiger partial charge in [0, 0.05) is 18.5 Å². The molecule has 0 aliphatic heterocycles. The van der Waals surface area contributed by atoms with E-state index >= 15 is 0 Å². The third kappa shape index (κ3) is 3.86. The van der Waals surface area contributed by atoms with Gasteiger partial charge in [-0.3, -0.25) is 10.1 Å². The van der Waals surface area contributed by atoms with Crippen LogP contribution in [0, 0.1) is 22.5 Å². The number of hydrogen-bond acceptors (Lipinski definition) is 5. The fourth-order valence-electron chi connectivity index (χ4n) is 1.55. The Morgan fingerprint density at radius 2 is 2.21 bits per heavy atom. The number of rotatable bonds is 7. The summed E-state index contributed by atoms with van der Waals surface area (Å²) >= 11 is 0. The van der Waals surface area contributed by atoms with Crippen molar-refractivity contribution in [2.45, 2.75) is 19.4 Å². The lowest BCUT2D eigenvalue weighted by molar-refractivity contribution is -0.385. The van der Waals surface area contributed by atoms with Crippen molar-refractivity contribution in [1.29, 1.82) is 0 Å². The van der Waals surface area contributed by atoms with Crippen molar-refractivity contribution in [3.05, 3.63) is 27.8 Å². The molecule has 0 atom stereocenters. The molecule has 0 aromatic heterocycles. The highest BCUT2D eigenvalue weighted by atomic mass is 16.6. The van der Waals surface area contributed by atoms with Crippen LogP contribution >= 0.6 is 0 Å². The van der Waals surface area contributed by atoms with Crippen LogP contribution in [0.3, 0.4) is 0 Å². The average molecular weight is 264 g/mol. The van der Waals surface area contributed by atoms with Gasteiger partial charge in [0.2, 0.25) is 0 Å². The summed E-state index contributed by atoms with van der Waals surface area (Å²) < 4.78 is 10.6. The van der Waals surface area contributed by atoms with Gasteiger partial charge in [0.1, 0.15) is 0 Å². The number of terminal acetylenes is 1. The molecule has 1 aromatic rings. The maximum absolute atomic E-state index is 10.9. The third-order valence-corrected chi connectivity index (χ3v) is 2.50. The van der Waals surface area contributed by atoms with E-state index in [0.717, 1.165) is 0 Å².